The van der Waals surface area contributed by atoms with Crippen LogP contribution in [-0.4, -0.2) is 80.9 Å². The van der Waals surface area contributed by atoms with Crippen molar-refractivity contribution in [1.82, 2.24) is 15.1 Å². The molecule has 6 atom stereocenters. The molecule has 5 rings (SSSR count). The number of carboxylic acids is 1. The van der Waals surface area contributed by atoms with Gasteiger partial charge in [0.25, 0.3) is 0 Å². The van der Waals surface area contributed by atoms with Crippen molar-refractivity contribution < 1.29 is 24.6 Å². The standard InChI is InChI=1S/C24H35N3O5S/c1-13-19-18(14(2)28)22(30)27(19)20(23(31)32)21(13)33-15-11-16(25-12-15)24(7-8-24)6-5-17(29)26-9-3-4-10-26/h13-16,18-19,25,28H,3-12H2,1-2H3,(H,31,32)/t13-,14-,15+,16+,18-,19-/m1/s1. The summed E-state index contributed by atoms with van der Waals surface area (Å²) in [7, 11) is 0. The number of aliphatic hydroxyl groups excluding tert-OH is 1. The molecule has 9 heteroatoms. The van der Waals surface area contributed by atoms with Gasteiger partial charge in [-0.15, -0.1) is 11.8 Å². The molecule has 5 aliphatic rings. The van der Waals surface area contributed by atoms with Crippen molar-refractivity contribution in [2.45, 2.75) is 82.2 Å². The van der Waals surface area contributed by atoms with Gasteiger partial charge in [-0.1, -0.05) is 6.92 Å². The van der Waals surface area contributed by atoms with Gasteiger partial charge in [-0.3, -0.25) is 9.59 Å². The van der Waals surface area contributed by atoms with Crippen LogP contribution in [0.25, 0.3) is 0 Å². The van der Waals surface area contributed by atoms with Crippen LogP contribution in [0.2, 0.25) is 0 Å². The highest BCUT2D eigenvalue weighted by Gasteiger charge is 2.60. The van der Waals surface area contributed by atoms with Gasteiger partial charge in [0.2, 0.25) is 11.8 Å². The zero-order chi connectivity index (χ0) is 23.5. The van der Waals surface area contributed by atoms with E-state index in [1.54, 1.807) is 18.7 Å². The summed E-state index contributed by atoms with van der Waals surface area (Å²) in [5.41, 5.74) is 0.312. The Bertz CT molecular complexity index is 879. The lowest BCUT2D eigenvalue weighted by atomic mass is 9.79. The molecule has 3 N–H and O–H groups in total. The van der Waals surface area contributed by atoms with Crippen molar-refractivity contribution in [3.05, 3.63) is 10.6 Å². The highest BCUT2D eigenvalue weighted by molar-refractivity contribution is 8.03. The van der Waals surface area contributed by atoms with Gasteiger partial charge in [0.05, 0.1) is 18.1 Å². The number of hydrogen-bond donors (Lipinski definition) is 3. The second kappa shape index (κ2) is 8.57. The topological polar surface area (TPSA) is 110 Å². The van der Waals surface area contributed by atoms with E-state index in [2.05, 4.69) is 5.32 Å². The lowest BCUT2D eigenvalue weighted by molar-refractivity contribution is -0.163. The number of hydrogen-bond acceptors (Lipinski definition) is 6. The van der Waals surface area contributed by atoms with Crippen LogP contribution < -0.4 is 5.32 Å². The van der Waals surface area contributed by atoms with Gasteiger partial charge in [0, 0.05) is 48.2 Å². The molecule has 0 bridgehead atoms. The lowest BCUT2D eigenvalue weighted by Gasteiger charge is -2.46. The van der Waals surface area contributed by atoms with E-state index < -0.39 is 18.0 Å². The van der Waals surface area contributed by atoms with Gasteiger partial charge in [0.1, 0.15) is 5.70 Å². The Morgan fingerprint density at radius 1 is 1.27 bits per heavy atom. The van der Waals surface area contributed by atoms with Crippen LogP contribution in [0.3, 0.4) is 0 Å². The Balaban J connectivity index is 1.22. The lowest BCUT2D eigenvalue weighted by Crippen LogP contribution is -2.63. The van der Waals surface area contributed by atoms with Crippen LogP contribution >= 0.6 is 11.8 Å². The Morgan fingerprint density at radius 2 is 1.97 bits per heavy atom. The summed E-state index contributed by atoms with van der Waals surface area (Å²) in [6.45, 7) is 6.19. The molecule has 0 spiro atoms. The summed E-state index contributed by atoms with van der Waals surface area (Å²) in [5.74, 6) is -1.67. The number of aliphatic carboxylic acids is 1. The number of amides is 2. The predicted molar refractivity (Wildman–Crippen MR) is 124 cm³/mol. The Hall–Kier alpha value is -1.58. The fourth-order valence-corrected chi connectivity index (χ4v) is 8.01. The van der Waals surface area contributed by atoms with Crippen LogP contribution in [0.4, 0.5) is 0 Å². The molecule has 0 aromatic rings. The van der Waals surface area contributed by atoms with Gasteiger partial charge in [0.15, 0.2) is 0 Å². The zero-order valence-corrected chi connectivity index (χ0v) is 20.3. The Kier molecular flexibility index (Phi) is 6.02. The number of β-lactam (4-membered cyclic amide) rings is 1. The summed E-state index contributed by atoms with van der Waals surface area (Å²) >= 11 is 1.60. The van der Waals surface area contributed by atoms with Crippen LogP contribution in [-0.2, 0) is 14.4 Å². The second-order valence-corrected chi connectivity index (χ2v) is 12.0. The summed E-state index contributed by atoms with van der Waals surface area (Å²) in [5, 5.41) is 23.8. The fourth-order valence-electron chi connectivity index (χ4n) is 6.53. The normalized spacial score (nSPS) is 35.6. The van der Waals surface area contributed by atoms with Crippen LogP contribution in [0, 0.1) is 17.3 Å². The molecular formula is C24H35N3O5S. The molecule has 4 fully saturated rings. The molecule has 1 aliphatic carbocycles. The number of thioether (sulfide) groups is 1. The minimum Gasteiger partial charge on any atom is -0.477 e. The third kappa shape index (κ3) is 3.90. The van der Waals surface area contributed by atoms with E-state index >= 15 is 0 Å². The molecule has 1 saturated carbocycles. The molecule has 4 heterocycles. The van der Waals surface area contributed by atoms with E-state index in [1.807, 2.05) is 11.8 Å². The molecule has 0 unspecified atom stereocenters. The first-order chi connectivity index (χ1) is 15.7. The number of aliphatic hydroxyl groups is 1. The van der Waals surface area contributed by atoms with Crippen LogP contribution in [0.15, 0.2) is 10.6 Å². The van der Waals surface area contributed by atoms with Gasteiger partial charge in [-0.05, 0) is 50.9 Å². The summed E-state index contributed by atoms with van der Waals surface area (Å²) in [4.78, 5) is 41.3. The van der Waals surface area contributed by atoms with Gasteiger partial charge in [-0.25, -0.2) is 4.79 Å². The summed E-state index contributed by atoms with van der Waals surface area (Å²) in [6.07, 6.45) is 6.26. The van der Waals surface area contributed by atoms with Crippen molar-refractivity contribution in [3.63, 3.8) is 0 Å². The number of likely N-dealkylation sites (tertiary alicyclic amines) is 1. The van der Waals surface area contributed by atoms with Gasteiger partial charge >= 0.3 is 5.97 Å². The first kappa shape index (κ1) is 23.2. The third-order valence-corrected chi connectivity index (χ3v) is 10.1. The first-order valence-electron chi connectivity index (χ1n) is 12.4. The molecule has 33 heavy (non-hydrogen) atoms. The molecule has 0 radical (unpaired) electrons. The monoisotopic (exact) mass is 477 g/mol. The fraction of sp³-hybridized carbons (Fsp3) is 0.792. The highest BCUT2D eigenvalue weighted by atomic mass is 32.2. The maximum absolute atomic E-state index is 12.6. The largest absolute Gasteiger partial charge is 0.477 e. The summed E-state index contributed by atoms with van der Waals surface area (Å²) < 4.78 is 0. The van der Waals surface area contributed by atoms with Gasteiger partial charge in [-0.2, -0.15) is 0 Å². The van der Waals surface area contributed by atoms with Crippen LogP contribution in [0.5, 0.6) is 0 Å². The van der Waals surface area contributed by atoms with Crippen molar-refractivity contribution in [2.24, 2.45) is 17.3 Å². The molecule has 3 saturated heterocycles. The minimum atomic E-state index is -1.06. The van der Waals surface area contributed by atoms with E-state index in [0.717, 1.165) is 63.1 Å². The highest BCUT2D eigenvalue weighted by Crippen LogP contribution is 2.57. The Morgan fingerprint density at radius 3 is 2.58 bits per heavy atom. The molecule has 0 aromatic carbocycles. The first-order valence-corrected chi connectivity index (χ1v) is 13.3. The minimum absolute atomic E-state index is 0.0922. The SMILES string of the molecule is C[C@@H](O)[C@H]1C(=O)N2C(C(=O)O)=C(S[C@@H]3CN[C@H](C4(CCC(=O)N5CCCC5)CC4)C3)[C@H](C)[C@H]12. The number of carbonyl (C=O) groups excluding carboxylic acids is 2. The zero-order valence-electron chi connectivity index (χ0n) is 19.5. The number of fused-ring (bicyclic) bond motifs is 1. The van der Waals surface area contributed by atoms with E-state index in [4.69, 9.17) is 0 Å². The van der Waals surface area contributed by atoms with E-state index in [1.165, 1.54) is 4.90 Å². The summed E-state index contributed by atoms with van der Waals surface area (Å²) in [6, 6.07) is 0.0958. The molecule has 0 aromatic heterocycles. The molecule has 182 valence electrons. The maximum Gasteiger partial charge on any atom is 0.353 e. The number of carbonyl (C=O) groups is 3. The molecule has 2 amide bonds. The number of nitrogens with one attached hydrogen (secondary N) is 1. The second-order valence-electron chi connectivity index (χ2n) is 10.7. The molecule has 8 nitrogen and oxygen atoms in total. The maximum atomic E-state index is 12.6. The van der Waals surface area contributed by atoms with Crippen molar-refractivity contribution in [3.8, 4) is 0 Å². The predicted octanol–water partition coefficient (Wildman–Crippen LogP) is 1.79. The molecular weight excluding hydrogens is 442 g/mol. The average Bonchev–Trinajstić information content (AvgIpc) is 3.12. The van der Waals surface area contributed by atoms with Crippen molar-refractivity contribution >= 4 is 29.5 Å². The Labute approximate surface area is 199 Å². The van der Waals surface area contributed by atoms with E-state index in [9.17, 15) is 24.6 Å². The quantitative estimate of drug-likeness (QED) is 0.457. The van der Waals surface area contributed by atoms with Crippen molar-refractivity contribution in [1.29, 1.82) is 0 Å². The van der Waals surface area contributed by atoms with Crippen molar-refractivity contribution in [2.75, 3.05) is 19.6 Å². The number of carboxylic acid groups (broad SMARTS) is 1. The smallest absolute Gasteiger partial charge is 0.353 e. The number of nitrogens with zero attached hydrogens (tertiary/aromatic N) is 2. The van der Waals surface area contributed by atoms with Gasteiger partial charge < -0.3 is 25.3 Å². The average molecular weight is 478 g/mol. The number of rotatable bonds is 8. The third-order valence-electron chi connectivity index (χ3n) is 8.62. The van der Waals surface area contributed by atoms with Crippen LogP contribution in [0.1, 0.15) is 58.8 Å². The molecule has 4 aliphatic heterocycles. The van der Waals surface area contributed by atoms with E-state index in [-0.39, 0.29) is 34.2 Å². The van der Waals surface area contributed by atoms with E-state index in [0.29, 0.717) is 18.4 Å².